The molecule has 1 aromatic carbocycles. The van der Waals surface area contributed by atoms with Crippen LogP contribution in [0.1, 0.15) is 11.5 Å². The molecule has 1 rings (SSSR count). The number of Topliss-reactive ketones (excluding diaryl/α,β-unsaturated/α-hetero) is 1. The van der Waals surface area contributed by atoms with Crippen LogP contribution in [0, 0.1) is 11.3 Å². The van der Waals surface area contributed by atoms with Crippen LogP contribution in [0.3, 0.4) is 0 Å². The van der Waals surface area contributed by atoms with E-state index in [2.05, 4.69) is 4.74 Å². The summed E-state index contributed by atoms with van der Waals surface area (Å²) >= 11 is 11.5. The summed E-state index contributed by atoms with van der Waals surface area (Å²) in [6.45, 7) is 0. The van der Waals surface area contributed by atoms with Crippen LogP contribution >= 0.6 is 23.2 Å². The van der Waals surface area contributed by atoms with Crippen LogP contribution < -0.4 is 0 Å². The van der Waals surface area contributed by atoms with Gasteiger partial charge in [0.05, 0.1) is 23.2 Å². The topological polar surface area (TPSA) is 67.2 Å². The Bertz CT molecular complexity index is 508. The standard InChI is InChI=1S/C11H7Cl2NO3/c1-17-11(16)10(15)7(5-14)6-2-3-8(12)9(13)4-6/h2-4,7H,1H3/t7-/m0/s1. The van der Waals surface area contributed by atoms with Gasteiger partial charge in [0.25, 0.3) is 5.78 Å². The van der Waals surface area contributed by atoms with Gasteiger partial charge in [0.2, 0.25) is 0 Å². The van der Waals surface area contributed by atoms with Crippen LogP contribution in [-0.4, -0.2) is 18.9 Å². The predicted octanol–water partition coefficient (Wildman–Crippen LogP) is 2.34. The fourth-order valence-electron chi connectivity index (χ4n) is 1.19. The zero-order valence-corrected chi connectivity index (χ0v) is 10.2. The quantitative estimate of drug-likeness (QED) is 0.625. The molecule has 88 valence electrons. The van der Waals surface area contributed by atoms with E-state index in [-0.39, 0.29) is 5.02 Å². The average Bonchev–Trinajstić information content (AvgIpc) is 2.33. The molecule has 0 aliphatic rings. The molecule has 0 heterocycles. The van der Waals surface area contributed by atoms with Gasteiger partial charge in [-0.2, -0.15) is 5.26 Å². The normalized spacial score (nSPS) is 11.4. The highest BCUT2D eigenvalue weighted by Crippen LogP contribution is 2.26. The van der Waals surface area contributed by atoms with Gasteiger partial charge >= 0.3 is 5.97 Å². The number of halogens is 2. The van der Waals surface area contributed by atoms with Gasteiger partial charge < -0.3 is 4.74 Å². The maximum absolute atomic E-state index is 11.5. The molecule has 0 bridgehead atoms. The molecule has 6 heteroatoms. The van der Waals surface area contributed by atoms with E-state index in [4.69, 9.17) is 28.5 Å². The van der Waals surface area contributed by atoms with E-state index >= 15 is 0 Å². The maximum atomic E-state index is 11.5. The van der Waals surface area contributed by atoms with E-state index in [9.17, 15) is 9.59 Å². The summed E-state index contributed by atoms with van der Waals surface area (Å²) in [5.74, 6) is -3.24. The number of rotatable bonds is 3. The maximum Gasteiger partial charge on any atom is 0.376 e. The molecule has 0 saturated heterocycles. The van der Waals surface area contributed by atoms with Crippen molar-refractivity contribution in [1.82, 2.24) is 0 Å². The minimum absolute atomic E-state index is 0.210. The van der Waals surface area contributed by atoms with Crippen LogP contribution in [0.15, 0.2) is 18.2 Å². The summed E-state index contributed by atoms with van der Waals surface area (Å²) < 4.78 is 4.27. The molecule has 1 aromatic rings. The molecule has 0 aliphatic carbocycles. The van der Waals surface area contributed by atoms with Gasteiger partial charge in [-0.15, -0.1) is 0 Å². The Balaban J connectivity index is 3.11. The molecular weight excluding hydrogens is 265 g/mol. The molecule has 0 saturated carbocycles. The lowest BCUT2D eigenvalue weighted by Gasteiger charge is -2.07. The first-order chi connectivity index (χ1) is 8.01. The van der Waals surface area contributed by atoms with Crippen LogP contribution in [0.2, 0.25) is 10.0 Å². The zero-order valence-electron chi connectivity index (χ0n) is 8.74. The Labute approximate surface area is 108 Å². The number of methoxy groups -OCH3 is 1. The molecular formula is C11H7Cl2NO3. The number of benzene rings is 1. The third-order valence-corrected chi connectivity index (χ3v) is 2.79. The molecule has 0 aliphatic heterocycles. The second-order valence-corrected chi connectivity index (χ2v) is 3.91. The Morgan fingerprint density at radius 2 is 2.00 bits per heavy atom. The van der Waals surface area contributed by atoms with Crippen molar-refractivity contribution in [1.29, 1.82) is 5.26 Å². The minimum atomic E-state index is -1.24. The van der Waals surface area contributed by atoms with Gasteiger partial charge in [0.1, 0.15) is 5.92 Å². The first-order valence-corrected chi connectivity index (χ1v) is 5.23. The lowest BCUT2D eigenvalue weighted by Crippen LogP contribution is -2.22. The average molecular weight is 272 g/mol. The molecule has 1 atom stereocenters. The number of hydrogen-bond donors (Lipinski definition) is 0. The van der Waals surface area contributed by atoms with E-state index in [0.29, 0.717) is 10.6 Å². The predicted molar refractivity (Wildman–Crippen MR) is 61.8 cm³/mol. The van der Waals surface area contributed by atoms with Crippen molar-refractivity contribution >= 4 is 35.0 Å². The van der Waals surface area contributed by atoms with Gasteiger partial charge in [-0.05, 0) is 17.7 Å². The fraction of sp³-hybridized carbons (Fsp3) is 0.182. The van der Waals surface area contributed by atoms with E-state index in [1.54, 1.807) is 6.07 Å². The van der Waals surface area contributed by atoms with Crippen LogP contribution in [0.4, 0.5) is 0 Å². The second kappa shape index (κ2) is 5.67. The first-order valence-electron chi connectivity index (χ1n) is 4.48. The Hall–Kier alpha value is -1.57. The summed E-state index contributed by atoms with van der Waals surface area (Å²) in [4.78, 5) is 22.6. The van der Waals surface area contributed by atoms with Crippen molar-refractivity contribution in [2.24, 2.45) is 0 Å². The number of ether oxygens (including phenoxy) is 1. The van der Waals surface area contributed by atoms with Crippen LogP contribution in [0.25, 0.3) is 0 Å². The molecule has 0 radical (unpaired) electrons. The molecule has 17 heavy (non-hydrogen) atoms. The van der Waals surface area contributed by atoms with E-state index in [0.717, 1.165) is 7.11 Å². The van der Waals surface area contributed by atoms with Crippen molar-refractivity contribution < 1.29 is 14.3 Å². The Morgan fingerprint density at radius 3 is 2.47 bits per heavy atom. The number of carbonyl (C=O) groups excluding carboxylic acids is 2. The van der Waals surface area contributed by atoms with Gasteiger partial charge in [0, 0.05) is 0 Å². The molecule has 0 N–H and O–H groups in total. The number of esters is 1. The van der Waals surface area contributed by atoms with Crippen LogP contribution in [-0.2, 0) is 14.3 Å². The number of carbonyl (C=O) groups is 2. The summed E-state index contributed by atoms with van der Waals surface area (Å²) in [6, 6.07) is 6.02. The third kappa shape index (κ3) is 2.96. The molecule has 0 spiro atoms. The Morgan fingerprint density at radius 1 is 1.35 bits per heavy atom. The fourth-order valence-corrected chi connectivity index (χ4v) is 1.50. The van der Waals surface area contributed by atoms with Crippen LogP contribution in [0.5, 0.6) is 0 Å². The van der Waals surface area contributed by atoms with Gasteiger partial charge in [0.15, 0.2) is 0 Å². The lowest BCUT2D eigenvalue weighted by molar-refractivity contribution is -0.151. The molecule has 0 fully saturated rings. The highest BCUT2D eigenvalue weighted by atomic mass is 35.5. The number of ketones is 1. The largest absolute Gasteiger partial charge is 0.463 e. The number of hydrogen-bond acceptors (Lipinski definition) is 4. The molecule has 0 amide bonds. The minimum Gasteiger partial charge on any atom is -0.463 e. The third-order valence-electron chi connectivity index (χ3n) is 2.05. The SMILES string of the molecule is COC(=O)C(=O)[C@@H](C#N)c1ccc(Cl)c(Cl)c1. The molecule has 0 aromatic heterocycles. The smallest absolute Gasteiger partial charge is 0.376 e. The number of nitrogens with zero attached hydrogens (tertiary/aromatic N) is 1. The zero-order chi connectivity index (χ0) is 13.0. The summed E-state index contributed by atoms with van der Waals surface area (Å²) in [5, 5.41) is 9.41. The monoisotopic (exact) mass is 271 g/mol. The van der Waals surface area contributed by atoms with Gasteiger partial charge in [-0.3, -0.25) is 4.79 Å². The van der Waals surface area contributed by atoms with E-state index < -0.39 is 17.7 Å². The highest BCUT2D eigenvalue weighted by Gasteiger charge is 2.27. The molecule has 0 unspecified atom stereocenters. The highest BCUT2D eigenvalue weighted by molar-refractivity contribution is 6.42. The summed E-state index contributed by atoms with van der Waals surface area (Å²) in [6.07, 6.45) is 0. The van der Waals surface area contributed by atoms with Crippen molar-refractivity contribution in [3.8, 4) is 6.07 Å². The van der Waals surface area contributed by atoms with Crippen molar-refractivity contribution in [2.45, 2.75) is 5.92 Å². The van der Waals surface area contributed by atoms with Gasteiger partial charge in [-0.1, -0.05) is 29.3 Å². The Kier molecular flexibility index (Phi) is 4.50. The van der Waals surface area contributed by atoms with Gasteiger partial charge in [-0.25, -0.2) is 4.79 Å². The van der Waals surface area contributed by atoms with E-state index in [1.165, 1.54) is 18.2 Å². The van der Waals surface area contributed by atoms with E-state index in [1.807, 2.05) is 0 Å². The number of nitriles is 1. The summed E-state index contributed by atoms with van der Waals surface area (Å²) in [5.41, 5.74) is 0.303. The lowest BCUT2D eigenvalue weighted by atomic mass is 9.96. The first kappa shape index (κ1) is 13.5. The van der Waals surface area contributed by atoms with Crippen molar-refractivity contribution in [3.63, 3.8) is 0 Å². The molecule has 4 nitrogen and oxygen atoms in total. The second-order valence-electron chi connectivity index (χ2n) is 3.09. The summed E-state index contributed by atoms with van der Waals surface area (Å²) in [7, 11) is 1.07. The van der Waals surface area contributed by atoms with Crippen molar-refractivity contribution in [3.05, 3.63) is 33.8 Å². The van der Waals surface area contributed by atoms with Crippen molar-refractivity contribution in [2.75, 3.05) is 7.11 Å².